The molecule has 0 bridgehead atoms. The number of likely N-dealkylation sites (tertiary alicyclic amines) is 1. The van der Waals surface area contributed by atoms with Gasteiger partial charge >= 0.3 is 6.03 Å². The van der Waals surface area contributed by atoms with Crippen LogP contribution in [0.3, 0.4) is 0 Å². The number of pyridine rings is 1. The highest BCUT2D eigenvalue weighted by atomic mass is 35.5. The predicted octanol–water partition coefficient (Wildman–Crippen LogP) is 2.69. The normalized spacial score (nSPS) is 23.4. The molecule has 7 heteroatoms. The molecule has 0 saturated carbocycles. The molecular formula is C20H24ClN5O. The molecule has 4 rings (SSSR count). The number of carbonyl (C=O) groups is 1. The Morgan fingerprint density at radius 2 is 2.00 bits per heavy atom. The summed E-state index contributed by atoms with van der Waals surface area (Å²) in [4.78, 5) is 19.5. The van der Waals surface area contributed by atoms with E-state index in [-0.39, 0.29) is 18.0 Å². The standard InChI is InChI=1S/C20H24ClN5O/c21-14-6-7-18(23-10-14)17-13-26(16-11-22-12-16)9-8-19(17)25-20(27)24-15-4-2-1-3-5-15/h1-7,10,16-17,19,22H,8-9,11-13H2,(H2,24,25,27). The molecule has 2 aromatic rings. The van der Waals surface area contributed by atoms with Crippen molar-refractivity contribution >= 4 is 23.3 Å². The van der Waals surface area contributed by atoms with Crippen molar-refractivity contribution in [2.75, 3.05) is 31.5 Å². The van der Waals surface area contributed by atoms with E-state index in [1.165, 1.54) is 0 Å². The number of para-hydroxylation sites is 1. The fraction of sp³-hybridized carbons (Fsp3) is 0.400. The number of benzene rings is 1. The summed E-state index contributed by atoms with van der Waals surface area (Å²) in [6.45, 7) is 3.94. The molecule has 1 aromatic heterocycles. The fourth-order valence-electron chi connectivity index (χ4n) is 3.78. The molecule has 3 N–H and O–H groups in total. The van der Waals surface area contributed by atoms with Crippen LogP contribution in [0.4, 0.5) is 10.5 Å². The first-order valence-corrected chi connectivity index (χ1v) is 9.75. The van der Waals surface area contributed by atoms with E-state index in [9.17, 15) is 4.79 Å². The number of carbonyl (C=O) groups excluding carboxylic acids is 1. The van der Waals surface area contributed by atoms with Crippen LogP contribution in [0.25, 0.3) is 0 Å². The van der Waals surface area contributed by atoms with Gasteiger partial charge in [0, 0.05) is 61.8 Å². The summed E-state index contributed by atoms with van der Waals surface area (Å²) in [6.07, 6.45) is 2.58. The average Bonchev–Trinajstić information content (AvgIpc) is 2.63. The molecule has 2 unspecified atom stereocenters. The average molecular weight is 386 g/mol. The molecular weight excluding hydrogens is 362 g/mol. The molecule has 2 aliphatic heterocycles. The third-order valence-electron chi connectivity index (χ3n) is 5.40. The van der Waals surface area contributed by atoms with Gasteiger partial charge in [0.15, 0.2) is 0 Å². The lowest BCUT2D eigenvalue weighted by molar-refractivity contribution is 0.0947. The number of hydrogen-bond acceptors (Lipinski definition) is 4. The second-order valence-corrected chi connectivity index (χ2v) is 7.61. The predicted molar refractivity (Wildman–Crippen MR) is 107 cm³/mol. The highest BCUT2D eigenvalue weighted by Crippen LogP contribution is 2.28. The van der Waals surface area contributed by atoms with Gasteiger partial charge < -0.3 is 16.0 Å². The minimum atomic E-state index is -0.177. The van der Waals surface area contributed by atoms with E-state index in [1.807, 2.05) is 42.5 Å². The van der Waals surface area contributed by atoms with Crippen molar-refractivity contribution in [2.45, 2.75) is 24.4 Å². The quantitative estimate of drug-likeness (QED) is 0.756. The summed E-state index contributed by atoms with van der Waals surface area (Å²) in [6, 6.07) is 13.8. The summed E-state index contributed by atoms with van der Waals surface area (Å²) < 4.78 is 0. The van der Waals surface area contributed by atoms with Crippen LogP contribution in [-0.4, -0.2) is 54.2 Å². The summed E-state index contributed by atoms with van der Waals surface area (Å²) in [5.41, 5.74) is 1.76. The van der Waals surface area contributed by atoms with E-state index >= 15 is 0 Å². The molecule has 0 aliphatic carbocycles. The Balaban J connectivity index is 1.47. The van der Waals surface area contributed by atoms with Crippen LogP contribution in [0.1, 0.15) is 18.0 Å². The lowest BCUT2D eigenvalue weighted by atomic mass is 9.87. The number of halogens is 1. The van der Waals surface area contributed by atoms with Gasteiger partial charge in [0.25, 0.3) is 0 Å². The maximum Gasteiger partial charge on any atom is 0.319 e. The van der Waals surface area contributed by atoms with Gasteiger partial charge in [0.05, 0.1) is 5.02 Å². The number of rotatable bonds is 4. The number of piperidine rings is 1. The zero-order valence-corrected chi connectivity index (χ0v) is 15.8. The number of aromatic nitrogens is 1. The van der Waals surface area contributed by atoms with Gasteiger partial charge in [-0.1, -0.05) is 29.8 Å². The summed E-state index contributed by atoms with van der Waals surface area (Å²) in [5.74, 6) is 0.137. The van der Waals surface area contributed by atoms with Crippen molar-refractivity contribution < 1.29 is 4.79 Å². The van der Waals surface area contributed by atoms with Crippen LogP contribution in [0.5, 0.6) is 0 Å². The first-order valence-electron chi connectivity index (χ1n) is 9.38. The summed E-state index contributed by atoms with van der Waals surface area (Å²) >= 11 is 6.01. The number of nitrogens with zero attached hydrogens (tertiary/aromatic N) is 2. The minimum absolute atomic E-state index is 0.0340. The number of hydrogen-bond donors (Lipinski definition) is 3. The first kappa shape index (κ1) is 18.2. The van der Waals surface area contributed by atoms with Gasteiger partial charge in [-0.2, -0.15) is 0 Å². The highest BCUT2D eigenvalue weighted by molar-refractivity contribution is 6.30. The minimum Gasteiger partial charge on any atom is -0.334 e. The first-order chi connectivity index (χ1) is 13.2. The molecule has 0 spiro atoms. The smallest absolute Gasteiger partial charge is 0.319 e. The van der Waals surface area contributed by atoms with Crippen LogP contribution in [0, 0.1) is 0 Å². The van der Waals surface area contributed by atoms with Crippen molar-refractivity contribution in [2.24, 2.45) is 0 Å². The van der Waals surface area contributed by atoms with E-state index < -0.39 is 0 Å². The number of anilines is 1. The molecule has 27 heavy (non-hydrogen) atoms. The van der Waals surface area contributed by atoms with Gasteiger partial charge in [-0.3, -0.25) is 9.88 Å². The highest BCUT2D eigenvalue weighted by Gasteiger charge is 2.36. The van der Waals surface area contributed by atoms with Crippen molar-refractivity contribution in [3.8, 4) is 0 Å². The second-order valence-electron chi connectivity index (χ2n) is 7.17. The van der Waals surface area contributed by atoms with E-state index in [2.05, 4.69) is 25.8 Å². The van der Waals surface area contributed by atoms with Gasteiger partial charge in [-0.15, -0.1) is 0 Å². The Bertz CT molecular complexity index is 766. The van der Waals surface area contributed by atoms with Crippen LogP contribution in [0.2, 0.25) is 5.02 Å². The van der Waals surface area contributed by atoms with E-state index in [4.69, 9.17) is 11.6 Å². The monoisotopic (exact) mass is 385 g/mol. The molecule has 6 nitrogen and oxygen atoms in total. The Kier molecular flexibility index (Phi) is 5.57. The molecule has 2 amide bonds. The van der Waals surface area contributed by atoms with Crippen LogP contribution in [0.15, 0.2) is 48.7 Å². The van der Waals surface area contributed by atoms with Crippen molar-refractivity contribution in [1.29, 1.82) is 0 Å². The summed E-state index contributed by atoms with van der Waals surface area (Å²) in [7, 11) is 0. The molecule has 142 valence electrons. The van der Waals surface area contributed by atoms with Crippen LogP contribution < -0.4 is 16.0 Å². The largest absolute Gasteiger partial charge is 0.334 e. The topological polar surface area (TPSA) is 69.3 Å². The van der Waals surface area contributed by atoms with Crippen LogP contribution in [-0.2, 0) is 0 Å². The zero-order valence-electron chi connectivity index (χ0n) is 15.1. The number of urea groups is 1. The number of amides is 2. The molecule has 2 aliphatic rings. The second kappa shape index (κ2) is 8.25. The van der Waals surface area contributed by atoms with Gasteiger partial charge in [0.2, 0.25) is 0 Å². The molecule has 3 heterocycles. The Morgan fingerprint density at radius 3 is 2.67 bits per heavy atom. The zero-order chi connectivity index (χ0) is 18.6. The van der Waals surface area contributed by atoms with Crippen molar-refractivity contribution in [3.05, 3.63) is 59.4 Å². The number of nitrogens with one attached hydrogen (secondary N) is 3. The summed E-state index contributed by atoms with van der Waals surface area (Å²) in [5, 5.41) is 10.0. The SMILES string of the molecule is O=C(Nc1ccccc1)NC1CCN(C2CNC2)CC1c1ccc(Cl)cn1. The maximum absolute atomic E-state index is 12.5. The fourth-order valence-corrected chi connectivity index (χ4v) is 3.89. The van der Waals surface area contributed by atoms with E-state index in [1.54, 1.807) is 6.20 Å². The lowest BCUT2D eigenvalue weighted by Gasteiger charge is -2.45. The van der Waals surface area contributed by atoms with Gasteiger partial charge in [-0.25, -0.2) is 4.79 Å². The van der Waals surface area contributed by atoms with E-state index in [0.717, 1.165) is 44.0 Å². The lowest BCUT2D eigenvalue weighted by Crippen LogP contribution is -2.61. The van der Waals surface area contributed by atoms with Crippen LogP contribution >= 0.6 is 11.6 Å². The third-order valence-corrected chi connectivity index (χ3v) is 5.62. The Morgan fingerprint density at radius 1 is 1.19 bits per heavy atom. The molecule has 2 saturated heterocycles. The molecule has 2 atom stereocenters. The third kappa shape index (κ3) is 4.40. The van der Waals surface area contributed by atoms with Gasteiger partial charge in [0.1, 0.15) is 0 Å². The van der Waals surface area contributed by atoms with Gasteiger partial charge in [-0.05, 0) is 30.7 Å². The van der Waals surface area contributed by atoms with Crippen molar-refractivity contribution in [3.63, 3.8) is 0 Å². The molecule has 2 fully saturated rings. The Labute approximate surface area is 164 Å². The molecule has 1 aromatic carbocycles. The van der Waals surface area contributed by atoms with Crippen molar-refractivity contribution in [1.82, 2.24) is 20.5 Å². The Hall–Kier alpha value is -2.15. The van der Waals surface area contributed by atoms with E-state index in [0.29, 0.717) is 11.1 Å². The maximum atomic E-state index is 12.5. The molecule has 0 radical (unpaired) electrons.